The van der Waals surface area contributed by atoms with Gasteiger partial charge in [-0.1, -0.05) is 31.9 Å². The van der Waals surface area contributed by atoms with Gasteiger partial charge in [0.15, 0.2) is 9.79 Å². The fourth-order valence-electron chi connectivity index (χ4n) is 1.76. The minimum absolute atomic E-state index is 0.0706. The Bertz CT molecular complexity index is 549. The Labute approximate surface area is 127 Å². The maximum atomic E-state index is 3.80. The molecule has 0 amide bonds. The van der Waals surface area contributed by atoms with Gasteiger partial charge in [-0.3, -0.25) is 0 Å². The van der Waals surface area contributed by atoms with Gasteiger partial charge in [-0.15, -0.1) is 0 Å². The Balaban J connectivity index is 2.18. The second-order valence-electron chi connectivity index (χ2n) is 3.66. The normalized spacial score (nSPS) is 13.8. The van der Waals surface area contributed by atoms with Gasteiger partial charge >= 0.3 is 0 Å². The molecule has 0 aliphatic carbocycles. The molecule has 0 unspecified atom stereocenters. The van der Waals surface area contributed by atoms with E-state index >= 15 is 0 Å². The van der Waals surface area contributed by atoms with Gasteiger partial charge in [-0.2, -0.15) is 0 Å². The lowest BCUT2D eigenvalue weighted by Gasteiger charge is -2.17. The Morgan fingerprint density at radius 1 is 0.824 bits per heavy atom. The lowest BCUT2D eigenvalue weighted by atomic mass is 10.2. The Kier molecular flexibility index (Phi) is 3.28. The second-order valence-corrected chi connectivity index (χ2v) is 8.83. The predicted molar refractivity (Wildman–Crippen MR) is 84.4 cm³/mol. The zero-order valence-corrected chi connectivity index (χ0v) is 14.1. The Morgan fingerprint density at radius 2 is 1.29 bits per heavy atom. The van der Waals surface area contributed by atoms with Crippen molar-refractivity contribution in [3.63, 3.8) is 0 Å². The summed E-state index contributed by atoms with van der Waals surface area (Å²) in [5.74, 6) is 0. The van der Waals surface area contributed by atoms with Gasteiger partial charge < -0.3 is 5.32 Å². The Morgan fingerprint density at radius 3 is 1.76 bits per heavy atom. The molecule has 0 saturated heterocycles. The number of rotatable bonds is 0. The van der Waals surface area contributed by atoms with Crippen molar-refractivity contribution in [3.8, 4) is 0 Å². The number of anilines is 2. The standard InChI is InChI=1S/C12H7Br3NS/c13-7-1-3-9-11(5-7)17(15)12-6-8(14)2-4-10(12)16-9/h1-6,16H/q+1. The van der Waals surface area contributed by atoms with Crippen LogP contribution in [0, 0.1) is 0 Å². The summed E-state index contributed by atoms with van der Waals surface area (Å²) in [7, 11) is -0.0706. The van der Waals surface area contributed by atoms with Crippen LogP contribution in [-0.2, 0) is 9.33 Å². The van der Waals surface area contributed by atoms with E-state index in [4.69, 9.17) is 0 Å². The van der Waals surface area contributed by atoms with Crippen molar-refractivity contribution in [2.75, 3.05) is 5.32 Å². The van der Waals surface area contributed by atoms with Gasteiger partial charge in [-0.25, -0.2) is 0 Å². The maximum Gasteiger partial charge on any atom is 0.246 e. The molecule has 2 aromatic carbocycles. The van der Waals surface area contributed by atoms with E-state index in [0.717, 1.165) is 8.95 Å². The van der Waals surface area contributed by atoms with Crippen LogP contribution in [0.1, 0.15) is 0 Å². The number of halogens is 3. The third-order valence-corrected chi connectivity index (χ3v) is 7.07. The van der Waals surface area contributed by atoms with Crippen molar-refractivity contribution in [3.05, 3.63) is 45.3 Å². The van der Waals surface area contributed by atoms with Gasteiger partial charge in [-0.05, 0) is 24.3 Å². The van der Waals surface area contributed by atoms with Crippen molar-refractivity contribution in [1.29, 1.82) is 0 Å². The summed E-state index contributed by atoms with van der Waals surface area (Å²) in [4.78, 5) is 2.56. The van der Waals surface area contributed by atoms with Crippen LogP contribution in [0.5, 0.6) is 0 Å². The Hall–Kier alpha value is 0.0300. The van der Waals surface area contributed by atoms with E-state index < -0.39 is 0 Å². The minimum atomic E-state index is -0.0706. The molecule has 1 nitrogen and oxygen atoms in total. The third kappa shape index (κ3) is 2.18. The largest absolute Gasteiger partial charge is 0.347 e. The van der Waals surface area contributed by atoms with Crippen molar-refractivity contribution in [1.82, 2.24) is 0 Å². The van der Waals surface area contributed by atoms with Crippen molar-refractivity contribution in [2.45, 2.75) is 9.79 Å². The van der Waals surface area contributed by atoms with Crippen LogP contribution in [0.4, 0.5) is 11.4 Å². The number of hydrogen-bond donors (Lipinski definition) is 1. The predicted octanol–water partition coefficient (Wildman–Crippen LogP) is 5.61. The van der Waals surface area contributed by atoms with Crippen molar-refractivity contribution in [2.24, 2.45) is 0 Å². The quantitative estimate of drug-likeness (QED) is 0.529. The van der Waals surface area contributed by atoms with E-state index in [-0.39, 0.29) is 9.33 Å². The molecule has 0 atom stereocenters. The highest BCUT2D eigenvalue weighted by molar-refractivity contribution is 9.48. The van der Waals surface area contributed by atoms with Crippen LogP contribution in [0.15, 0.2) is 55.1 Å². The highest BCUT2D eigenvalue weighted by atomic mass is 79.9. The molecule has 0 spiro atoms. The summed E-state index contributed by atoms with van der Waals surface area (Å²) in [6.07, 6.45) is 0. The van der Waals surface area contributed by atoms with E-state index in [0.29, 0.717) is 0 Å². The van der Waals surface area contributed by atoms with Gasteiger partial charge in [0.25, 0.3) is 0 Å². The first-order chi connectivity index (χ1) is 8.15. The van der Waals surface area contributed by atoms with Gasteiger partial charge in [0, 0.05) is 21.1 Å². The molecule has 0 aromatic heterocycles. The average molecular weight is 437 g/mol. The van der Waals surface area contributed by atoms with Crippen LogP contribution in [0.2, 0.25) is 0 Å². The third-order valence-electron chi connectivity index (χ3n) is 2.54. The van der Waals surface area contributed by atoms with E-state index in [9.17, 15) is 0 Å². The van der Waals surface area contributed by atoms with Gasteiger partial charge in [0.2, 0.25) is 14.8 Å². The SMILES string of the molecule is Brc1ccc2c(c1)[S+](Br)c1cc(Br)ccc1N2. The van der Waals surface area contributed by atoms with Crippen molar-refractivity contribution < 1.29 is 0 Å². The molecule has 0 saturated carbocycles. The zero-order chi connectivity index (χ0) is 12.0. The van der Waals surface area contributed by atoms with E-state index in [2.05, 4.69) is 88.4 Å². The molecule has 2 aromatic rings. The molecule has 1 aliphatic heterocycles. The zero-order valence-electron chi connectivity index (χ0n) is 8.51. The van der Waals surface area contributed by atoms with Crippen LogP contribution >= 0.6 is 46.7 Å². The molecule has 1 N–H and O–H groups in total. The fourth-order valence-corrected chi connectivity index (χ4v) is 5.71. The topological polar surface area (TPSA) is 12.0 Å². The highest BCUT2D eigenvalue weighted by Crippen LogP contribution is 2.45. The first kappa shape index (κ1) is 12.1. The lowest BCUT2D eigenvalue weighted by Crippen LogP contribution is -2.09. The number of nitrogens with one attached hydrogen (secondary N) is 1. The second kappa shape index (κ2) is 4.61. The van der Waals surface area contributed by atoms with Crippen LogP contribution in [0.3, 0.4) is 0 Å². The molecule has 86 valence electrons. The molecule has 0 bridgehead atoms. The number of fused-ring (bicyclic) bond motifs is 2. The molecular weight excluding hydrogens is 430 g/mol. The summed E-state index contributed by atoms with van der Waals surface area (Å²) in [6.45, 7) is 0. The average Bonchev–Trinajstić information content (AvgIpc) is 2.32. The summed E-state index contributed by atoms with van der Waals surface area (Å²) in [5.41, 5.74) is 2.34. The first-order valence-electron chi connectivity index (χ1n) is 4.92. The molecule has 1 aliphatic rings. The molecule has 3 rings (SSSR count). The maximum absolute atomic E-state index is 3.80. The highest BCUT2D eigenvalue weighted by Gasteiger charge is 2.34. The first-order valence-corrected chi connectivity index (χ1v) is 9.57. The van der Waals surface area contributed by atoms with E-state index in [1.807, 2.05) is 0 Å². The molecule has 17 heavy (non-hydrogen) atoms. The lowest BCUT2D eigenvalue weighted by molar-refractivity contribution is 1.29. The smallest absolute Gasteiger partial charge is 0.246 e. The molecule has 0 radical (unpaired) electrons. The van der Waals surface area contributed by atoms with E-state index in [1.54, 1.807) is 0 Å². The van der Waals surface area contributed by atoms with Crippen LogP contribution < -0.4 is 5.32 Å². The number of hydrogen-bond acceptors (Lipinski definition) is 1. The summed E-state index contributed by atoms with van der Waals surface area (Å²) >= 11 is 10.8. The summed E-state index contributed by atoms with van der Waals surface area (Å²) < 4.78 is 2.21. The van der Waals surface area contributed by atoms with Crippen LogP contribution in [-0.4, -0.2) is 0 Å². The van der Waals surface area contributed by atoms with E-state index in [1.165, 1.54) is 21.2 Å². The number of benzene rings is 2. The van der Waals surface area contributed by atoms with Gasteiger partial charge in [0.05, 0.1) is 11.4 Å². The van der Waals surface area contributed by atoms with Gasteiger partial charge in [0.1, 0.15) is 9.33 Å². The minimum Gasteiger partial charge on any atom is -0.347 e. The molecule has 0 fully saturated rings. The summed E-state index contributed by atoms with van der Waals surface area (Å²) in [6, 6.07) is 12.6. The van der Waals surface area contributed by atoms with Crippen molar-refractivity contribution >= 4 is 67.4 Å². The summed E-state index contributed by atoms with van der Waals surface area (Å²) in [5, 5.41) is 3.46. The van der Waals surface area contributed by atoms with Crippen LogP contribution in [0.25, 0.3) is 0 Å². The molecular formula is C12H7Br3NS+. The monoisotopic (exact) mass is 434 g/mol. The molecule has 1 heterocycles. The molecule has 5 heteroatoms. The fraction of sp³-hybridized carbons (Fsp3) is 0.